The number of hydrogen-bond donors (Lipinski definition) is 1. The van der Waals surface area contributed by atoms with E-state index in [4.69, 9.17) is 16.3 Å². The maximum absolute atomic E-state index is 12.9. The Morgan fingerprint density at radius 3 is 2.38 bits per heavy atom. The number of rotatable bonds is 5. The van der Waals surface area contributed by atoms with Gasteiger partial charge in [0.05, 0.1) is 16.3 Å². The second-order valence-corrected chi connectivity index (χ2v) is 4.66. The van der Waals surface area contributed by atoms with Crippen LogP contribution in [0.3, 0.4) is 0 Å². The van der Waals surface area contributed by atoms with Crippen LogP contribution in [0.2, 0.25) is 5.02 Å². The van der Waals surface area contributed by atoms with Crippen molar-refractivity contribution in [1.82, 2.24) is 0 Å². The van der Waals surface area contributed by atoms with Gasteiger partial charge in [0.15, 0.2) is 0 Å². The lowest BCUT2D eigenvalue weighted by Gasteiger charge is -2.16. The standard InChI is InChI=1S/C15H13ClF3NO/c16-13-8-4-7-12(15(17,18)19)14(13)20-9-10-21-11-5-2-1-3-6-11/h1-8,20H,9-10H2. The second kappa shape index (κ2) is 6.72. The van der Waals surface area contributed by atoms with Crippen LogP contribution >= 0.6 is 11.6 Å². The van der Waals surface area contributed by atoms with Gasteiger partial charge in [-0.25, -0.2) is 0 Å². The predicted octanol–water partition coefficient (Wildman–Crippen LogP) is 4.85. The first kappa shape index (κ1) is 15.5. The maximum Gasteiger partial charge on any atom is 0.418 e. The lowest BCUT2D eigenvalue weighted by atomic mass is 10.1. The SMILES string of the molecule is FC(F)(F)c1cccc(Cl)c1NCCOc1ccccc1. The van der Waals surface area contributed by atoms with Gasteiger partial charge in [-0.3, -0.25) is 0 Å². The van der Waals surface area contributed by atoms with Crippen LogP contribution in [0.1, 0.15) is 5.56 Å². The largest absolute Gasteiger partial charge is 0.492 e. The Bertz CT molecular complexity index is 587. The molecule has 0 atom stereocenters. The summed E-state index contributed by atoms with van der Waals surface area (Å²) in [6.45, 7) is 0.439. The summed E-state index contributed by atoms with van der Waals surface area (Å²) in [6.07, 6.45) is -4.45. The first-order chi connectivity index (χ1) is 9.98. The first-order valence-corrected chi connectivity index (χ1v) is 6.63. The lowest BCUT2D eigenvalue weighted by molar-refractivity contribution is -0.136. The number of anilines is 1. The molecular weight excluding hydrogens is 303 g/mol. The van der Waals surface area contributed by atoms with E-state index in [0.29, 0.717) is 5.75 Å². The summed E-state index contributed by atoms with van der Waals surface area (Å²) in [5.41, 5.74) is -0.905. The molecule has 2 nitrogen and oxygen atoms in total. The summed E-state index contributed by atoms with van der Waals surface area (Å²) in [4.78, 5) is 0. The molecule has 0 spiro atoms. The third kappa shape index (κ3) is 4.29. The number of alkyl halides is 3. The average molecular weight is 316 g/mol. The Morgan fingerprint density at radius 1 is 1.00 bits per heavy atom. The van der Waals surface area contributed by atoms with Crippen molar-refractivity contribution < 1.29 is 17.9 Å². The highest BCUT2D eigenvalue weighted by Crippen LogP contribution is 2.38. The zero-order valence-corrected chi connectivity index (χ0v) is 11.7. The fourth-order valence-corrected chi connectivity index (χ4v) is 2.04. The van der Waals surface area contributed by atoms with Gasteiger partial charge in [-0.1, -0.05) is 35.9 Å². The van der Waals surface area contributed by atoms with Crippen LogP contribution in [0.15, 0.2) is 48.5 Å². The normalized spacial score (nSPS) is 11.2. The number of benzene rings is 2. The summed E-state index contributed by atoms with van der Waals surface area (Å²) >= 11 is 5.83. The highest BCUT2D eigenvalue weighted by Gasteiger charge is 2.34. The molecule has 6 heteroatoms. The minimum Gasteiger partial charge on any atom is -0.492 e. The van der Waals surface area contributed by atoms with Crippen LogP contribution in [0.4, 0.5) is 18.9 Å². The van der Waals surface area contributed by atoms with E-state index in [-0.39, 0.29) is 23.9 Å². The molecule has 0 fully saturated rings. The van der Waals surface area contributed by atoms with E-state index in [0.717, 1.165) is 6.07 Å². The number of ether oxygens (including phenoxy) is 1. The fourth-order valence-electron chi connectivity index (χ4n) is 1.80. The Balaban J connectivity index is 1.97. The number of hydrogen-bond acceptors (Lipinski definition) is 2. The molecule has 0 aliphatic heterocycles. The third-order valence-corrected chi connectivity index (χ3v) is 3.05. The topological polar surface area (TPSA) is 21.3 Å². The molecule has 0 amide bonds. The Hall–Kier alpha value is -1.88. The van der Waals surface area contributed by atoms with Crippen molar-refractivity contribution in [2.45, 2.75) is 6.18 Å². The van der Waals surface area contributed by atoms with Crippen LogP contribution in [0.5, 0.6) is 5.75 Å². The summed E-state index contributed by atoms with van der Waals surface area (Å²) in [6, 6.07) is 12.7. The molecule has 0 aliphatic carbocycles. The van der Waals surface area contributed by atoms with Crippen molar-refractivity contribution in [3.8, 4) is 5.75 Å². The zero-order valence-electron chi connectivity index (χ0n) is 11.0. The molecule has 0 unspecified atom stereocenters. The molecule has 2 rings (SSSR count). The van der Waals surface area contributed by atoms with Gasteiger partial charge in [-0.05, 0) is 24.3 Å². The summed E-state index contributed by atoms with van der Waals surface area (Å²) < 4.78 is 44.0. The second-order valence-electron chi connectivity index (χ2n) is 4.25. The lowest BCUT2D eigenvalue weighted by Crippen LogP contribution is -2.16. The van der Waals surface area contributed by atoms with E-state index >= 15 is 0 Å². The van der Waals surface area contributed by atoms with Crippen LogP contribution in [-0.2, 0) is 6.18 Å². The monoisotopic (exact) mass is 315 g/mol. The minimum atomic E-state index is -4.45. The summed E-state index contributed by atoms with van der Waals surface area (Å²) in [5, 5.41) is 2.71. The molecule has 0 saturated heterocycles. The molecule has 112 valence electrons. The van der Waals surface area contributed by atoms with E-state index in [2.05, 4.69) is 5.32 Å². The van der Waals surface area contributed by atoms with Gasteiger partial charge in [0.2, 0.25) is 0 Å². The van der Waals surface area contributed by atoms with Crippen LogP contribution in [0, 0.1) is 0 Å². The molecule has 2 aromatic rings. The van der Waals surface area contributed by atoms with Crippen LogP contribution in [0.25, 0.3) is 0 Å². The molecule has 0 radical (unpaired) electrons. The third-order valence-electron chi connectivity index (χ3n) is 2.73. The quantitative estimate of drug-likeness (QED) is 0.796. The van der Waals surface area contributed by atoms with Gasteiger partial charge in [0, 0.05) is 6.54 Å². The summed E-state index contributed by atoms with van der Waals surface area (Å²) in [7, 11) is 0. The van der Waals surface area contributed by atoms with Crippen molar-refractivity contribution in [2.24, 2.45) is 0 Å². The number of halogens is 4. The predicted molar refractivity (Wildman–Crippen MR) is 76.9 cm³/mol. The fraction of sp³-hybridized carbons (Fsp3) is 0.200. The molecule has 2 aromatic carbocycles. The van der Waals surface area contributed by atoms with E-state index < -0.39 is 11.7 Å². The van der Waals surface area contributed by atoms with Gasteiger partial charge in [0.1, 0.15) is 12.4 Å². The zero-order chi connectivity index (χ0) is 15.3. The molecule has 0 bridgehead atoms. The van der Waals surface area contributed by atoms with E-state index in [1.807, 2.05) is 18.2 Å². The van der Waals surface area contributed by atoms with Crippen molar-refractivity contribution >= 4 is 17.3 Å². The molecule has 0 aromatic heterocycles. The van der Waals surface area contributed by atoms with Gasteiger partial charge >= 0.3 is 6.18 Å². The molecule has 21 heavy (non-hydrogen) atoms. The average Bonchev–Trinajstić information content (AvgIpc) is 2.45. The Morgan fingerprint density at radius 2 is 1.71 bits per heavy atom. The van der Waals surface area contributed by atoms with Gasteiger partial charge < -0.3 is 10.1 Å². The van der Waals surface area contributed by atoms with Gasteiger partial charge in [0.25, 0.3) is 0 Å². The van der Waals surface area contributed by atoms with Gasteiger partial charge in [-0.2, -0.15) is 13.2 Å². The number of para-hydroxylation sites is 2. The van der Waals surface area contributed by atoms with Crippen molar-refractivity contribution in [3.05, 3.63) is 59.1 Å². The smallest absolute Gasteiger partial charge is 0.418 e. The van der Waals surface area contributed by atoms with E-state index in [9.17, 15) is 13.2 Å². The maximum atomic E-state index is 12.9. The Kier molecular flexibility index (Phi) is 4.96. The molecule has 0 heterocycles. The van der Waals surface area contributed by atoms with Crippen LogP contribution < -0.4 is 10.1 Å². The van der Waals surface area contributed by atoms with E-state index in [1.165, 1.54) is 12.1 Å². The molecule has 1 N–H and O–H groups in total. The molecule has 0 saturated carbocycles. The van der Waals surface area contributed by atoms with E-state index in [1.54, 1.807) is 12.1 Å². The molecule has 0 aliphatic rings. The van der Waals surface area contributed by atoms with Crippen molar-refractivity contribution in [2.75, 3.05) is 18.5 Å². The van der Waals surface area contributed by atoms with Crippen molar-refractivity contribution in [1.29, 1.82) is 0 Å². The summed E-state index contributed by atoms with van der Waals surface area (Å²) in [5.74, 6) is 0.662. The Labute approximate surface area is 125 Å². The molecular formula is C15H13ClF3NO. The first-order valence-electron chi connectivity index (χ1n) is 6.26. The highest BCUT2D eigenvalue weighted by atomic mass is 35.5. The van der Waals surface area contributed by atoms with Crippen LogP contribution in [-0.4, -0.2) is 13.2 Å². The highest BCUT2D eigenvalue weighted by molar-refractivity contribution is 6.33. The van der Waals surface area contributed by atoms with Gasteiger partial charge in [-0.15, -0.1) is 0 Å². The number of nitrogens with one attached hydrogen (secondary N) is 1. The minimum absolute atomic E-state index is 0.0320. The van der Waals surface area contributed by atoms with Crippen molar-refractivity contribution in [3.63, 3.8) is 0 Å².